The summed E-state index contributed by atoms with van der Waals surface area (Å²) in [5, 5.41) is 23.5. The zero-order valence-electron chi connectivity index (χ0n) is 11.8. The Morgan fingerprint density at radius 3 is 2.30 bits per heavy atom. The Morgan fingerprint density at radius 2 is 1.80 bits per heavy atom. The van der Waals surface area contributed by atoms with Crippen LogP contribution in [0.3, 0.4) is 0 Å². The van der Waals surface area contributed by atoms with Gasteiger partial charge in [0, 0.05) is 19.0 Å². The van der Waals surface area contributed by atoms with E-state index in [2.05, 4.69) is 10.6 Å². The molecule has 8 heteroatoms. The molecule has 1 heterocycles. The third-order valence-electron chi connectivity index (χ3n) is 2.99. The van der Waals surface area contributed by atoms with Crippen LogP contribution in [0.5, 0.6) is 0 Å². The molecule has 0 radical (unpaired) electrons. The molecule has 0 aromatic heterocycles. The maximum absolute atomic E-state index is 12.0. The number of carbonyl (C=O) groups is 3. The highest BCUT2D eigenvalue weighted by atomic mass is 16.4. The molecule has 4 N–H and O–H groups in total. The lowest BCUT2D eigenvalue weighted by Crippen LogP contribution is -2.53. The van der Waals surface area contributed by atoms with Crippen LogP contribution in [-0.4, -0.2) is 63.8 Å². The van der Waals surface area contributed by atoms with E-state index in [1.165, 1.54) is 6.92 Å². The highest BCUT2D eigenvalue weighted by Gasteiger charge is 2.39. The fourth-order valence-corrected chi connectivity index (χ4v) is 2.02. The minimum Gasteiger partial charge on any atom is -0.480 e. The summed E-state index contributed by atoms with van der Waals surface area (Å²) in [6.07, 6.45) is -0.864. The van der Waals surface area contributed by atoms with Crippen molar-refractivity contribution in [3.05, 3.63) is 0 Å². The third-order valence-corrected chi connectivity index (χ3v) is 2.99. The minimum absolute atomic E-state index is 0.00464. The second-order valence-electron chi connectivity index (χ2n) is 5.23. The number of rotatable bonds is 4. The van der Waals surface area contributed by atoms with Gasteiger partial charge in [-0.2, -0.15) is 0 Å². The third kappa shape index (κ3) is 4.09. The van der Waals surface area contributed by atoms with Gasteiger partial charge in [0.1, 0.15) is 12.1 Å². The van der Waals surface area contributed by atoms with Gasteiger partial charge in [-0.3, -0.25) is 4.79 Å². The number of amides is 3. The molecule has 0 spiro atoms. The number of carboxylic acid groups (broad SMARTS) is 1. The Balaban J connectivity index is 2.61. The molecule has 1 aliphatic rings. The first-order valence-corrected chi connectivity index (χ1v) is 6.50. The Kier molecular flexibility index (Phi) is 5.32. The van der Waals surface area contributed by atoms with Crippen molar-refractivity contribution >= 4 is 17.9 Å². The van der Waals surface area contributed by atoms with Crippen LogP contribution >= 0.6 is 0 Å². The number of hydrogen-bond donors (Lipinski definition) is 4. The fourth-order valence-electron chi connectivity index (χ4n) is 2.02. The zero-order valence-corrected chi connectivity index (χ0v) is 11.8. The number of hydrogen-bond acceptors (Lipinski definition) is 4. The van der Waals surface area contributed by atoms with Gasteiger partial charge in [0.15, 0.2) is 0 Å². The van der Waals surface area contributed by atoms with Gasteiger partial charge < -0.3 is 25.7 Å². The number of carbonyl (C=O) groups excluding carboxylic acids is 2. The molecule has 0 aliphatic carbocycles. The Hall–Kier alpha value is -1.83. The first-order chi connectivity index (χ1) is 9.22. The SMILES string of the molecule is CC(C)NC(=O)C(C)NC(=O)N1CC(O)CC1C(=O)O. The lowest BCUT2D eigenvalue weighted by Gasteiger charge is -2.24. The number of carboxylic acids is 1. The van der Waals surface area contributed by atoms with Gasteiger partial charge >= 0.3 is 12.0 Å². The Morgan fingerprint density at radius 1 is 1.20 bits per heavy atom. The maximum atomic E-state index is 12.0. The van der Waals surface area contributed by atoms with Gasteiger partial charge in [0.25, 0.3) is 0 Å². The quantitative estimate of drug-likeness (QED) is 0.536. The zero-order chi connectivity index (χ0) is 15.4. The summed E-state index contributed by atoms with van der Waals surface area (Å²) < 4.78 is 0. The summed E-state index contributed by atoms with van der Waals surface area (Å²) in [5.74, 6) is -1.52. The molecular formula is C12H21N3O5. The normalized spacial score (nSPS) is 23.6. The number of aliphatic carboxylic acids is 1. The number of aliphatic hydroxyl groups is 1. The van der Waals surface area contributed by atoms with Crippen LogP contribution in [0.25, 0.3) is 0 Å². The molecule has 20 heavy (non-hydrogen) atoms. The van der Waals surface area contributed by atoms with E-state index < -0.39 is 30.2 Å². The van der Waals surface area contributed by atoms with E-state index in [4.69, 9.17) is 5.11 Å². The molecule has 1 rings (SSSR count). The summed E-state index contributed by atoms with van der Waals surface area (Å²) >= 11 is 0. The predicted octanol–water partition coefficient (Wildman–Crippen LogP) is -0.871. The van der Waals surface area contributed by atoms with Crippen LogP contribution in [0, 0.1) is 0 Å². The lowest BCUT2D eigenvalue weighted by atomic mass is 10.2. The molecule has 3 atom stereocenters. The van der Waals surface area contributed by atoms with Crippen molar-refractivity contribution in [2.75, 3.05) is 6.54 Å². The van der Waals surface area contributed by atoms with Gasteiger partial charge in [-0.15, -0.1) is 0 Å². The largest absolute Gasteiger partial charge is 0.480 e. The van der Waals surface area contributed by atoms with Crippen molar-refractivity contribution in [3.63, 3.8) is 0 Å². The summed E-state index contributed by atoms with van der Waals surface area (Å²) in [7, 11) is 0. The summed E-state index contributed by atoms with van der Waals surface area (Å²) in [6.45, 7) is 5.05. The number of likely N-dealkylation sites (tertiary alicyclic amines) is 1. The molecule has 0 bridgehead atoms. The molecular weight excluding hydrogens is 266 g/mol. The van der Waals surface area contributed by atoms with Crippen LogP contribution in [0.2, 0.25) is 0 Å². The van der Waals surface area contributed by atoms with E-state index in [1.54, 1.807) is 13.8 Å². The maximum Gasteiger partial charge on any atom is 0.326 e. The highest BCUT2D eigenvalue weighted by Crippen LogP contribution is 2.18. The minimum atomic E-state index is -1.17. The van der Waals surface area contributed by atoms with E-state index in [0.29, 0.717) is 0 Å². The average Bonchev–Trinajstić information content (AvgIpc) is 2.70. The van der Waals surface area contributed by atoms with Crippen molar-refractivity contribution in [2.45, 2.75) is 51.4 Å². The molecule has 114 valence electrons. The Labute approximate surface area is 117 Å². The van der Waals surface area contributed by atoms with Crippen LogP contribution in [0.15, 0.2) is 0 Å². The van der Waals surface area contributed by atoms with Crippen molar-refractivity contribution in [3.8, 4) is 0 Å². The van der Waals surface area contributed by atoms with Crippen molar-refractivity contribution < 1.29 is 24.6 Å². The van der Waals surface area contributed by atoms with Gasteiger partial charge in [0.2, 0.25) is 5.91 Å². The molecule has 1 aliphatic heterocycles. The van der Waals surface area contributed by atoms with Crippen molar-refractivity contribution in [1.82, 2.24) is 15.5 Å². The second-order valence-corrected chi connectivity index (χ2v) is 5.23. The number of nitrogens with zero attached hydrogens (tertiary/aromatic N) is 1. The molecule has 0 saturated carbocycles. The van der Waals surface area contributed by atoms with E-state index in [9.17, 15) is 19.5 Å². The first kappa shape index (κ1) is 16.2. The molecule has 1 saturated heterocycles. The van der Waals surface area contributed by atoms with Gasteiger partial charge in [-0.1, -0.05) is 0 Å². The van der Waals surface area contributed by atoms with E-state index in [-0.39, 0.29) is 24.9 Å². The van der Waals surface area contributed by atoms with Gasteiger partial charge in [-0.05, 0) is 20.8 Å². The molecule has 1 fully saturated rings. The molecule has 8 nitrogen and oxygen atoms in total. The average molecular weight is 287 g/mol. The van der Waals surface area contributed by atoms with E-state index in [0.717, 1.165) is 4.90 Å². The van der Waals surface area contributed by atoms with Gasteiger partial charge in [0.05, 0.1) is 6.10 Å². The van der Waals surface area contributed by atoms with Crippen molar-refractivity contribution in [1.29, 1.82) is 0 Å². The summed E-state index contributed by atoms with van der Waals surface area (Å²) in [5.41, 5.74) is 0. The summed E-state index contributed by atoms with van der Waals surface area (Å²) in [6, 6.07) is -2.56. The monoisotopic (exact) mass is 287 g/mol. The molecule has 0 aromatic carbocycles. The first-order valence-electron chi connectivity index (χ1n) is 6.50. The Bertz CT molecular complexity index is 399. The number of nitrogens with one attached hydrogen (secondary N) is 2. The smallest absolute Gasteiger partial charge is 0.326 e. The molecule has 3 amide bonds. The van der Waals surface area contributed by atoms with E-state index in [1.807, 2.05) is 0 Å². The molecule has 0 aromatic rings. The summed E-state index contributed by atoms with van der Waals surface area (Å²) in [4.78, 5) is 35.7. The lowest BCUT2D eigenvalue weighted by molar-refractivity contribution is -0.141. The predicted molar refractivity (Wildman–Crippen MR) is 70.0 cm³/mol. The number of β-amino-alcohol motifs (C(OH)–C–C–N with tert-alkyl or cyclic N) is 1. The number of urea groups is 1. The van der Waals surface area contributed by atoms with Gasteiger partial charge in [-0.25, -0.2) is 9.59 Å². The van der Waals surface area contributed by atoms with Crippen LogP contribution in [0.1, 0.15) is 27.2 Å². The van der Waals surface area contributed by atoms with Crippen molar-refractivity contribution in [2.24, 2.45) is 0 Å². The topological polar surface area (TPSA) is 119 Å². The van der Waals surface area contributed by atoms with Crippen LogP contribution in [-0.2, 0) is 9.59 Å². The second kappa shape index (κ2) is 6.56. The van der Waals surface area contributed by atoms with Crippen LogP contribution < -0.4 is 10.6 Å². The number of aliphatic hydroxyl groups excluding tert-OH is 1. The highest BCUT2D eigenvalue weighted by molar-refractivity contribution is 5.89. The molecule has 3 unspecified atom stereocenters. The standard InChI is InChI=1S/C12H21N3O5/c1-6(2)13-10(17)7(3)14-12(20)15-5-8(16)4-9(15)11(18)19/h6-9,16H,4-5H2,1-3H3,(H,13,17)(H,14,20)(H,18,19). The van der Waals surface area contributed by atoms with E-state index >= 15 is 0 Å². The fraction of sp³-hybridized carbons (Fsp3) is 0.750. The van der Waals surface area contributed by atoms with Crippen LogP contribution in [0.4, 0.5) is 4.79 Å².